The number of ether oxygens (including phenoxy) is 1. The van der Waals surface area contributed by atoms with Gasteiger partial charge in [0, 0.05) is 23.4 Å². The zero-order valence-electron chi connectivity index (χ0n) is 15.9. The average molecular weight is 399 g/mol. The van der Waals surface area contributed by atoms with Crippen molar-refractivity contribution >= 4 is 17.5 Å². The van der Waals surface area contributed by atoms with Gasteiger partial charge >= 0.3 is 0 Å². The summed E-state index contributed by atoms with van der Waals surface area (Å²) >= 11 is 5.90. The van der Waals surface area contributed by atoms with Crippen LogP contribution in [0.5, 0.6) is 5.75 Å². The van der Waals surface area contributed by atoms with Crippen LogP contribution >= 0.6 is 11.6 Å². The number of oxazole rings is 1. The van der Waals surface area contributed by atoms with Crippen molar-refractivity contribution in [2.75, 3.05) is 6.61 Å². The molecule has 0 aliphatic heterocycles. The third kappa shape index (κ3) is 5.36. The van der Waals surface area contributed by atoms with Crippen molar-refractivity contribution in [3.05, 3.63) is 71.2 Å². The molecule has 0 unspecified atom stereocenters. The minimum absolute atomic E-state index is 0.0525. The molecule has 1 atom stereocenters. The maximum atomic E-state index is 12.2. The third-order valence-electron chi connectivity index (χ3n) is 4.32. The molecule has 0 aliphatic rings. The van der Waals surface area contributed by atoms with Crippen LogP contribution in [0.2, 0.25) is 5.02 Å². The first kappa shape index (κ1) is 20.0. The van der Waals surface area contributed by atoms with Gasteiger partial charge in [-0.2, -0.15) is 0 Å². The van der Waals surface area contributed by atoms with Gasteiger partial charge in [0.15, 0.2) is 11.7 Å². The Hall–Kier alpha value is -2.79. The summed E-state index contributed by atoms with van der Waals surface area (Å²) in [5.74, 6) is 1.98. The highest BCUT2D eigenvalue weighted by molar-refractivity contribution is 6.30. The first-order valence-electron chi connectivity index (χ1n) is 9.28. The molecule has 5 nitrogen and oxygen atoms in total. The van der Waals surface area contributed by atoms with Crippen LogP contribution in [0.4, 0.5) is 0 Å². The summed E-state index contributed by atoms with van der Waals surface area (Å²) in [6.45, 7) is 4.52. The minimum Gasteiger partial charge on any atom is -0.494 e. The zero-order valence-corrected chi connectivity index (χ0v) is 16.7. The largest absolute Gasteiger partial charge is 0.494 e. The lowest BCUT2D eigenvalue weighted by Gasteiger charge is -2.14. The maximum Gasteiger partial charge on any atom is 0.220 e. The Morgan fingerprint density at radius 1 is 1.18 bits per heavy atom. The molecule has 0 bridgehead atoms. The van der Waals surface area contributed by atoms with E-state index in [1.807, 2.05) is 62.4 Å². The molecule has 0 saturated heterocycles. The van der Waals surface area contributed by atoms with Gasteiger partial charge in [-0.1, -0.05) is 23.7 Å². The summed E-state index contributed by atoms with van der Waals surface area (Å²) in [6, 6.07) is 15.0. The number of hydrogen-bond acceptors (Lipinski definition) is 4. The number of nitrogens with one attached hydrogen (secondary N) is 1. The van der Waals surface area contributed by atoms with Gasteiger partial charge in [-0.3, -0.25) is 4.79 Å². The fourth-order valence-electron chi connectivity index (χ4n) is 2.81. The molecule has 3 rings (SSSR count). The van der Waals surface area contributed by atoms with E-state index in [1.54, 1.807) is 6.20 Å². The van der Waals surface area contributed by atoms with Crippen LogP contribution in [0.25, 0.3) is 11.3 Å². The Bertz CT molecular complexity index is 904. The molecule has 146 valence electrons. The van der Waals surface area contributed by atoms with E-state index in [0.29, 0.717) is 36.1 Å². The number of benzene rings is 2. The average Bonchev–Trinajstić information content (AvgIpc) is 3.17. The first-order valence-corrected chi connectivity index (χ1v) is 9.65. The van der Waals surface area contributed by atoms with Crippen molar-refractivity contribution in [2.45, 2.75) is 32.7 Å². The normalized spacial score (nSPS) is 11.8. The summed E-state index contributed by atoms with van der Waals surface area (Å²) in [6.07, 6.45) is 2.43. The van der Waals surface area contributed by atoms with Crippen LogP contribution < -0.4 is 10.1 Å². The molecule has 28 heavy (non-hydrogen) atoms. The van der Waals surface area contributed by atoms with E-state index >= 15 is 0 Å². The van der Waals surface area contributed by atoms with Crippen molar-refractivity contribution in [3.63, 3.8) is 0 Å². The van der Waals surface area contributed by atoms with Gasteiger partial charge in [-0.25, -0.2) is 4.98 Å². The highest BCUT2D eigenvalue weighted by Crippen LogP contribution is 2.24. The van der Waals surface area contributed by atoms with Gasteiger partial charge in [-0.15, -0.1) is 0 Å². The SMILES string of the molecule is CCOc1ccc(-c2cnc(CCC(=O)N[C@@H](C)c3ccc(Cl)cc3)o2)cc1. The smallest absolute Gasteiger partial charge is 0.220 e. The number of aromatic nitrogens is 1. The molecule has 1 aromatic heterocycles. The van der Waals surface area contributed by atoms with E-state index in [0.717, 1.165) is 16.9 Å². The van der Waals surface area contributed by atoms with E-state index in [4.69, 9.17) is 20.8 Å². The first-order chi connectivity index (χ1) is 13.5. The maximum absolute atomic E-state index is 12.2. The molecule has 0 saturated carbocycles. The van der Waals surface area contributed by atoms with Crippen molar-refractivity contribution in [2.24, 2.45) is 0 Å². The van der Waals surface area contributed by atoms with Crippen molar-refractivity contribution < 1.29 is 13.9 Å². The van der Waals surface area contributed by atoms with Crippen molar-refractivity contribution in [3.8, 4) is 17.1 Å². The second-order valence-corrected chi connectivity index (χ2v) is 6.85. The number of amides is 1. The van der Waals surface area contributed by atoms with E-state index in [1.165, 1.54) is 0 Å². The monoisotopic (exact) mass is 398 g/mol. The number of aryl methyl sites for hydroxylation is 1. The fourth-order valence-corrected chi connectivity index (χ4v) is 2.94. The quantitative estimate of drug-likeness (QED) is 0.566. The Kier molecular flexibility index (Phi) is 6.71. The molecule has 6 heteroatoms. The number of carbonyl (C=O) groups is 1. The van der Waals surface area contributed by atoms with E-state index in [-0.39, 0.29) is 11.9 Å². The highest BCUT2D eigenvalue weighted by Gasteiger charge is 2.12. The molecule has 1 amide bonds. The molecule has 1 N–H and O–H groups in total. The third-order valence-corrected chi connectivity index (χ3v) is 4.57. The molecule has 0 fully saturated rings. The summed E-state index contributed by atoms with van der Waals surface area (Å²) in [5, 5.41) is 3.65. The topological polar surface area (TPSA) is 64.4 Å². The van der Waals surface area contributed by atoms with Gasteiger partial charge < -0.3 is 14.5 Å². The Morgan fingerprint density at radius 3 is 2.57 bits per heavy atom. The number of rotatable bonds is 8. The molecule has 3 aromatic rings. The Morgan fingerprint density at radius 2 is 1.89 bits per heavy atom. The van der Waals surface area contributed by atoms with Crippen molar-refractivity contribution in [1.29, 1.82) is 0 Å². The number of nitrogens with zero attached hydrogens (tertiary/aromatic N) is 1. The van der Waals surface area contributed by atoms with Crippen molar-refractivity contribution in [1.82, 2.24) is 10.3 Å². The predicted molar refractivity (Wildman–Crippen MR) is 109 cm³/mol. The molecule has 0 radical (unpaired) electrons. The molecular weight excluding hydrogens is 376 g/mol. The lowest BCUT2D eigenvalue weighted by molar-refractivity contribution is -0.121. The van der Waals surface area contributed by atoms with Crippen LogP contribution in [0.3, 0.4) is 0 Å². The second kappa shape index (κ2) is 9.42. The molecule has 1 heterocycles. The summed E-state index contributed by atoms with van der Waals surface area (Å²) in [4.78, 5) is 16.5. The molecule has 2 aromatic carbocycles. The van der Waals surface area contributed by atoms with Gasteiger partial charge in [0.05, 0.1) is 18.8 Å². The summed E-state index contributed by atoms with van der Waals surface area (Å²) in [7, 11) is 0. The van der Waals surface area contributed by atoms with Gasteiger partial charge in [-0.05, 0) is 55.8 Å². The number of carbonyl (C=O) groups excluding carboxylic acids is 1. The Balaban J connectivity index is 1.52. The van der Waals surface area contributed by atoms with Crippen LogP contribution in [-0.4, -0.2) is 17.5 Å². The number of halogens is 1. The lowest BCUT2D eigenvalue weighted by Crippen LogP contribution is -2.26. The van der Waals surface area contributed by atoms with Crippen LogP contribution in [0.15, 0.2) is 59.1 Å². The summed E-state index contributed by atoms with van der Waals surface area (Å²) in [5.41, 5.74) is 1.93. The molecular formula is C22H23ClN2O3. The standard InChI is InChI=1S/C22H23ClN2O3/c1-3-27-19-10-6-17(7-11-19)20-14-24-22(28-20)13-12-21(26)25-15(2)16-4-8-18(23)9-5-16/h4-11,14-15H,3,12-13H2,1-2H3,(H,25,26)/t15-/m0/s1. The van der Waals surface area contributed by atoms with E-state index in [2.05, 4.69) is 10.3 Å². The lowest BCUT2D eigenvalue weighted by atomic mass is 10.1. The zero-order chi connectivity index (χ0) is 19.9. The molecule has 0 spiro atoms. The van der Waals surface area contributed by atoms with E-state index in [9.17, 15) is 4.79 Å². The summed E-state index contributed by atoms with van der Waals surface area (Å²) < 4.78 is 11.2. The molecule has 0 aliphatic carbocycles. The van der Waals surface area contributed by atoms with E-state index < -0.39 is 0 Å². The Labute approximate surface area is 169 Å². The highest BCUT2D eigenvalue weighted by atomic mass is 35.5. The van der Waals surface area contributed by atoms with Crippen LogP contribution in [0.1, 0.15) is 37.8 Å². The predicted octanol–water partition coefficient (Wildman–Crippen LogP) is 5.20. The fraction of sp³-hybridized carbons (Fsp3) is 0.273. The van der Waals surface area contributed by atoms with Crippen LogP contribution in [-0.2, 0) is 11.2 Å². The van der Waals surface area contributed by atoms with Gasteiger partial charge in [0.25, 0.3) is 0 Å². The second-order valence-electron chi connectivity index (χ2n) is 6.42. The van der Waals surface area contributed by atoms with Gasteiger partial charge in [0.2, 0.25) is 5.91 Å². The number of hydrogen-bond donors (Lipinski definition) is 1. The van der Waals surface area contributed by atoms with Gasteiger partial charge in [0.1, 0.15) is 5.75 Å². The van der Waals surface area contributed by atoms with Crippen LogP contribution in [0, 0.1) is 0 Å². The minimum atomic E-state index is -0.0891.